The van der Waals surface area contributed by atoms with Crippen LogP contribution in [-0.2, 0) is 6.42 Å². The summed E-state index contributed by atoms with van der Waals surface area (Å²) >= 11 is 0. The lowest BCUT2D eigenvalue weighted by atomic mass is 10.1. The first-order valence-corrected chi connectivity index (χ1v) is 8.49. The maximum atomic E-state index is 12.6. The van der Waals surface area contributed by atoms with Crippen molar-refractivity contribution < 1.29 is 9.59 Å². The molecule has 2 aromatic heterocycles. The molecule has 0 aliphatic heterocycles. The van der Waals surface area contributed by atoms with E-state index in [1.54, 1.807) is 30.4 Å². The van der Waals surface area contributed by atoms with E-state index >= 15 is 0 Å². The number of aromatic nitrogens is 2. The van der Waals surface area contributed by atoms with E-state index < -0.39 is 0 Å². The standard InChI is InChI=1S/C19H25N5O2/c1-23(2)11-9-22-18(25)16-12-17(14-21-13-16)19(26)24(3)10-6-15-4-7-20-8-5-15/h4-5,7-8,12-14H,6,9-11H2,1-3H3,(H,22,25). The molecule has 0 aliphatic rings. The Bertz CT molecular complexity index is 734. The Morgan fingerprint density at radius 2 is 1.69 bits per heavy atom. The van der Waals surface area contributed by atoms with E-state index in [-0.39, 0.29) is 11.8 Å². The van der Waals surface area contributed by atoms with Crippen molar-refractivity contribution in [1.29, 1.82) is 0 Å². The maximum Gasteiger partial charge on any atom is 0.255 e. The Labute approximate surface area is 154 Å². The van der Waals surface area contributed by atoms with Crippen LogP contribution in [0.4, 0.5) is 0 Å². The third-order valence-electron chi connectivity index (χ3n) is 3.92. The zero-order chi connectivity index (χ0) is 18.9. The Balaban J connectivity index is 1.94. The molecular formula is C19H25N5O2. The molecule has 0 unspecified atom stereocenters. The third-order valence-corrected chi connectivity index (χ3v) is 3.92. The highest BCUT2D eigenvalue weighted by molar-refractivity contribution is 5.99. The number of pyridine rings is 2. The molecule has 2 aromatic rings. The van der Waals surface area contributed by atoms with Crippen molar-refractivity contribution in [2.45, 2.75) is 6.42 Å². The van der Waals surface area contributed by atoms with Gasteiger partial charge in [0.15, 0.2) is 0 Å². The van der Waals surface area contributed by atoms with Crippen molar-refractivity contribution in [2.75, 3.05) is 40.8 Å². The molecule has 0 radical (unpaired) electrons. The number of nitrogens with zero attached hydrogens (tertiary/aromatic N) is 4. The fourth-order valence-corrected chi connectivity index (χ4v) is 2.34. The topological polar surface area (TPSA) is 78.4 Å². The second-order valence-corrected chi connectivity index (χ2v) is 6.35. The van der Waals surface area contributed by atoms with Gasteiger partial charge in [-0.15, -0.1) is 0 Å². The molecule has 0 saturated heterocycles. The summed E-state index contributed by atoms with van der Waals surface area (Å²) in [7, 11) is 5.62. The summed E-state index contributed by atoms with van der Waals surface area (Å²) in [5, 5.41) is 2.82. The first-order valence-electron chi connectivity index (χ1n) is 8.49. The SMILES string of the molecule is CN(C)CCNC(=O)c1cncc(C(=O)N(C)CCc2ccncc2)c1. The Morgan fingerprint density at radius 1 is 1.00 bits per heavy atom. The Kier molecular flexibility index (Phi) is 7.23. The zero-order valence-corrected chi connectivity index (χ0v) is 15.5. The quantitative estimate of drug-likeness (QED) is 0.767. The maximum absolute atomic E-state index is 12.6. The molecule has 2 heterocycles. The summed E-state index contributed by atoms with van der Waals surface area (Å²) in [5.74, 6) is -0.386. The molecule has 7 nitrogen and oxygen atoms in total. The average Bonchev–Trinajstić information content (AvgIpc) is 2.66. The van der Waals surface area contributed by atoms with Crippen LogP contribution in [0.5, 0.6) is 0 Å². The van der Waals surface area contributed by atoms with Crippen LogP contribution in [0.25, 0.3) is 0 Å². The van der Waals surface area contributed by atoms with E-state index in [9.17, 15) is 9.59 Å². The predicted octanol–water partition coefficient (Wildman–Crippen LogP) is 1.08. The van der Waals surface area contributed by atoms with Crippen molar-refractivity contribution in [1.82, 2.24) is 25.1 Å². The monoisotopic (exact) mass is 355 g/mol. The summed E-state index contributed by atoms with van der Waals surface area (Å²) < 4.78 is 0. The summed E-state index contributed by atoms with van der Waals surface area (Å²) in [6, 6.07) is 5.44. The number of carbonyl (C=O) groups excluding carboxylic acids is 2. The number of likely N-dealkylation sites (N-methyl/N-ethyl adjacent to an activating group) is 2. The second-order valence-electron chi connectivity index (χ2n) is 6.35. The number of hydrogen-bond donors (Lipinski definition) is 1. The lowest BCUT2D eigenvalue weighted by Crippen LogP contribution is -2.32. The molecule has 0 bridgehead atoms. The zero-order valence-electron chi connectivity index (χ0n) is 15.5. The van der Waals surface area contributed by atoms with Crippen molar-refractivity contribution in [3.8, 4) is 0 Å². The summed E-state index contributed by atoms with van der Waals surface area (Å²) in [4.78, 5) is 36.4. The summed E-state index contributed by atoms with van der Waals surface area (Å²) in [6.45, 7) is 1.85. The van der Waals surface area contributed by atoms with Gasteiger partial charge in [-0.1, -0.05) is 0 Å². The molecule has 2 amide bonds. The fraction of sp³-hybridized carbons (Fsp3) is 0.368. The molecule has 1 N–H and O–H groups in total. The van der Waals surface area contributed by atoms with Crippen molar-refractivity contribution in [3.05, 3.63) is 59.7 Å². The number of nitrogens with one attached hydrogen (secondary N) is 1. The van der Waals surface area contributed by atoms with E-state index in [0.717, 1.165) is 18.5 Å². The fourth-order valence-electron chi connectivity index (χ4n) is 2.34. The smallest absolute Gasteiger partial charge is 0.255 e. The van der Waals surface area contributed by atoms with Gasteiger partial charge < -0.3 is 15.1 Å². The number of carbonyl (C=O) groups is 2. The van der Waals surface area contributed by atoms with Crippen LogP contribution < -0.4 is 5.32 Å². The van der Waals surface area contributed by atoms with Crippen LogP contribution in [0.15, 0.2) is 43.0 Å². The second kappa shape index (κ2) is 9.62. The first kappa shape index (κ1) is 19.5. The van der Waals surface area contributed by atoms with Gasteiger partial charge in [0.2, 0.25) is 0 Å². The summed E-state index contributed by atoms with van der Waals surface area (Å²) in [5.41, 5.74) is 1.91. The lowest BCUT2D eigenvalue weighted by molar-refractivity contribution is 0.0796. The minimum atomic E-state index is -0.228. The van der Waals surface area contributed by atoms with Gasteiger partial charge in [-0.05, 0) is 44.3 Å². The molecule has 2 rings (SSSR count). The van der Waals surface area contributed by atoms with Gasteiger partial charge in [0, 0.05) is 51.5 Å². The van der Waals surface area contributed by atoms with Crippen LogP contribution in [0, 0.1) is 0 Å². The highest BCUT2D eigenvalue weighted by atomic mass is 16.2. The van der Waals surface area contributed by atoms with Crippen LogP contribution in [0.2, 0.25) is 0 Å². The molecule has 138 valence electrons. The van der Waals surface area contributed by atoms with Crippen molar-refractivity contribution in [2.24, 2.45) is 0 Å². The van der Waals surface area contributed by atoms with Gasteiger partial charge in [-0.25, -0.2) is 0 Å². The van der Waals surface area contributed by atoms with Crippen molar-refractivity contribution >= 4 is 11.8 Å². The molecule has 7 heteroatoms. The van der Waals surface area contributed by atoms with E-state index in [1.807, 2.05) is 31.1 Å². The molecule has 0 aromatic carbocycles. The predicted molar refractivity (Wildman–Crippen MR) is 100 cm³/mol. The van der Waals surface area contributed by atoms with Gasteiger partial charge in [-0.2, -0.15) is 0 Å². The molecule has 0 fully saturated rings. The first-order chi connectivity index (χ1) is 12.5. The Morgan fingerprint density at radius 3 is 2.38 bits per heavy atom. The van der Waals surface area contributed by atoms with E-state index in [1.165, 1.54) is 12.4 Å². The number of rotatable bonds is 8. The third kappa shape index (κ3) is 5.93. The van der Waals surface area contributed by atoms with Gasteiger partial charge >= 0.3 is 0 Å². The van der Waals surface area contributed by atoms with Crippen LogP contribution in [0.1, 0.15) is 26.3 Å². The van der Waals surface area contributed by atoms with E-state index in [2.05, 4.69) is 15.3 Å². The van der Waals surface area contributed by atoms with Gasteiger partial charge in [-0.3, -0.25) is 19.6 Å². The van der Waals surface area contributed by atoms with Crippen LogP contribution in [-0.4, -0.2) is 72.4 Å². The molecule has 0 aliphatic carbocycles. The highest BCUT2D eigenvalue weighted by Gasteiger charge is 2.15. The molecular weight excluding hydrogens is 330 g/mol. The Hall–Kier alpha value is -2.80. The highest BCUT2D eigenvalue weighted by Crippen LogP contribution is 2.07. The molecule has 0 saturated carbocycles. The van der Waals surface area contributed by atoms with Gasteiger partial charge in [0.25, 0.3) is 11.8 Å². The van der Waals surface area contributed by atoms with E-state index in [4.69, 9.17) is 0 Å². The van der Waals surface area contributed by atoms with Gasteiger partial charge in [0.05, 0.1) is 11.1 Å². The molecule has 0 spiro atoms. The minimum absolute atomic E-state index is 0.158. The van der Waals surface area contributed by atoms with E-state index in [0.29, 0.717) is 24.2 Å². The largest absolute Gasteiger partial charge is 0.351 e. The summed E-state index contributed by atoms with van der Waals surface area (Å²) in [6.07, 6.45) is 7.17. The number of amides is 2. The lowest BCUT2D eigenvalue weighted by Gasteiger charge is -2.17. The van der Waals surface area contributed by atoms with Crippen LogP contribution in [0.3, 0.4) is 0 Å². The van der Waals surface area contributed by atoms with Crippen molar-refractivity contribution in [3.63, 3.8) is 0 Å². The van der Waals surface area contributed by atoms with Crippen LogP contribution >= 0.6 is 0 Å². The average molecular weight is 355 g/mol. The normalized spacial score (nSPS) is 10.6. The molecule has 0 atom stereocenters. The minimum Gasteiger partial charge on any atom is -0.351 e. The molecule has 26 heavy (non-hydrogen) atoms. The van der Waals surface area contributed by atoms with Gasteiger partial charge in [0.1, 0.15) is 0 Å². The number of hydrogen-bond acceptors (Lipinski definition) is 5.